The average Bonchev–Trinajstić information content (AvgIpc) is 2.09. The number of benzene rings is 1. The van der Waals surface area contributed by atoms with Gasteiger partial charge in [0.25, 0.3) is 0 Å². The zero-order valence-corrected chi connectivity index (χ0v) is 10.2. The van der Waals surface area contributed by atoms with Gasteiger partial charge >= 0.3 is 85.5 Å². The van der Waals surface area contributed by atoms with Crippen LogP contribution < -0.4 is 3.61 Å². The third kappa shape index (κ3) is 3.17. The zero-order chi connectivity index (χ0) is 8.81. The predicted molar refractivity (Wildman–Crippen MR) is 56.3 cm³/mol. The molecule has 0 aliphatic rings. The Balaban J connectivity index is 2.46. The van der Waals surface area contributed by atoms with E-state index in [1.165, 1.54) is 22.9 Å². The Morgan fingerprint density at radius 2 is 2.00 bits per heavy atom. The molecule has 1 rings (SSSR count). The molecule has 1 aromatic rings. The fourth-order valence-corrected chi connectivity index (χ4v) is 4.25. The van der Waals surface area contributed by atoms with Gasteiger partial charge in [0.05, 0.1) is 0 Å². The summed E-state index contributed by atoms with van der Waals surface area (Å²) >= 11 is 0.126. The summed E-state index contributed by atoms with van der Waals surface area (Å²) in [5.74, 6) is 0. The minimum atomic E-state index is 0.126. The summed E-state index contributed by atoms with van der Waals surface area (Å²) in [4.78, 5) is 0. The first kappa shape index (κ1) is 10.1. The molecule has 0 spiro atoms. The second-order valence-corrected chi connectivity index (χ2v) is 6.21. The number of hydrogen-bond acceptors (Lipinski definition) is 0. The number of rotatable bonds is 4. The van der Waals surface area contributed by atoms with Gasteiger partial charge in [-0.25, -0.2) is 0 Å². The molecular formula is C11H16Te. The summed E-state index contributed by atoms with van der Waals surface area (Å²) in [6.45, 7) is 4.50. The number of unbranched alkanes of at least 4 members (excludes halogenated alkanes) is 1. The molecule has 12 heavy (non-hydrogen) atoms. The quantitative estimate of drug-likeness (QED) is 0.585. The van der Waals surface area contributed by atoms with E-state index in [-0.39, 0.29) is 20.9 Å². The van der Waals surface area contributed by atoms with E-state index in [0.29, 0.717) is 0 Å². The molecule has 1 heteroatoms. The average molecular weight is 276 g/mol. The molecule has 0 aliphatic carbocycles. The van der Waals surface area contributed by atoms with E-state index in [4.69, 9.17) is 0 Å². The first-order valence-electron chi connectivity index (χ1n) is 4.53. The van der Waals surface area contributed by atoms with Crippen molar-refractivity contribution in [1.82, 2.24) is 0 Å². The van der Waals surface area contributed by atoms with Crippen LogP contribution in [0.25, 0.3) is 0 Å². The topological polar surface area (TPSA) is 0 Å². The van der Waals surface area contributed by atoms with E-state index in [0.717, 1.165) is 0 Å². The molecule has 0 heterocycles. The molecule has 0 bridgehead atoms. The van der Waals surface area contributed by atoms with E-state index in [1.54, 1.807) is 3.61 Å². The van der Waals surface area contributed by atoms with Gasteiger partial charge in [-0.05, 0) is 0 Å². The number of aryl methyl sites for hydroxylation is 1. The Kier molecular flexibility index (Phi) is 4.73. The zero-order valence-electron chi connectivity index (χ0n) is 7.84. The summed E-state index contributed by atoms with van der Waals surface area (Å²) < 4.78 is 3.11. The molecule has 1 aromatic carbocycles. The SMILES string of the molecule is CCCC[Te]c1ccccc1C. The van der Waals surface area contributed by atoms with Crippen molar-refractivity contribution in [2.24, 2.45) is 0 Å². The van der Waals surface area contributed by atoms with Crippen molar-refractivity contribution >= 4 is 24.5 Å². The molecule has 0 aromatic heterocycles. The van der Waals surface area contributed by atoms with Crippen LogP contribution in [0.2, 0.25) is 4.47 Å². The second kappa shape index (κ2) is 5.62. The van der Waals surface area contributed by atoms with Gasteiger partial charge in [-0.15, -0.1) is 0 Å². The van der Waals surface area contributed by atoms with Crippen LogP contribution in [0.4, 0.5) is 0 Å². The molecule has 0 fully saturated rings. The van der Waals surface area contributed by atoms with Crippen LogP contribution in [0.5, 0.6) is 0 Å². The van der Waals surface area contributed by atoms with Gasteiger partial charge in [-0.3, -0.25) is 0 Å². The summed E-state index contributed by atoms with van der Waals surface area (Å²) in [6.07, 6.45) is 2.76. The Morgan fingerprint density at radius 3 is 2.67 bits per heavy atom. The summed E-state index contributed by atoms with van der Waals surface area (Å²) in [5, 5.41) is 0. The molecule has 0 aliphatic heterocycles. The summed E-state index contributed by atoms with van der Waals surface area (Å²) in [7, 11) is 0. The van der Waals surface area contributed by atoms with Crippen molar-refractivity contribution in [2.75, 3.05) is 0 Å². The van der Waals surface area contributed by atoms with Crippen molar-refractivity contribution in [1.29, 1.82) is 0 Å². The fourth-order valence-electron chi connectivity index (χ4n) is 1.04. The van der Waals surface area contributed by atoms with Gasteiger partial charge in [0, 0.05) is 0 Å². The van der Waals surface area contributed by atoms with E-state index in [9.17, 15) is 0 Å². The Bertz CT molecular complexity index is 230. The van der Waals surface area contributed by atoms with Crippen LogP contribution in [0.15, 0.2) is 24.3 Å². The maximum atomic E-state index is 2.30. The third-order valence-electron chi connectivity index (χ3n) is 1.85. The molecule has 0 atom stereocenters. The third-order valence-corrected chi connectivity index (χ3v) is 5.45. The molecule has 0 nitrogen and oxygen atoms in total. The summed E-state index contributed by atoms with van der Waals surface area (Å²) in [6, 6.07) is 8.82. The summed E-state index contributed by atoms with van der Waals surface area (Å²) in [5.41, 5.74) is 1.50. The van der Waals surface area contributed by atoms with Gasteiger partial charge in [0.15, 0.2) is 0 Å². The standard InChI is InChI=1S/C11H16Te/c1-3-4-9-12-11-8-6-5-7-10(11)2/h5-8H,3-4,9H2,1-2H3. The fraction of sp³-hybridized carbons (Fsp3) is 0.455. The van der Waals surface area contributed by atoms with E-state index in [1.807, 2.05) is 0 Å². The molecule has 0 radical (unpaired) electrons. The molecule has 66 valence electrons. The van der Waals surface area contributed by atoms with Crippen LogP contribution in [0, 0.1) is 6.92 Å². The van der Waals surface area contributed by atoms with Crippen LogP contribution in [0.1, 0.15) is 25.3 Å². The Morgan fingerprint density at radius 1 is 1.25 bits per heavy atom. The molecule has 0 unspecified atom stereocenters. The van der Waals surface area contributed by atoms with Gasteiger partial charge < -0.3 is 0 Å². The van der Waals surface area contributed by atoms with Crippen LogP contribution in [-0.4, -0.2) is 20.9 Å². The first-order valence-corrected chi connectivity index (χ1v) is 7.34. The van der Waals surface area contributed by atoms with Crippen molar-refractivity contribution in [3.8, 4) is 0 Å². The van der Waals surface area contributed by atoms with Crippen LogP contribution >= 0.6 is 0 Å². The normalized spacial score (nSPS) is 10.2. The minimum absolute atomic E-state index is 0.126. The maximum absolute atomic E-state index is 2.30. The van der Waals surface area contributed by atoms with E-state index in [2.05, 4.69) is 38.1 Å². The molecule has 0 saturated carbocycles. The van der Waals surface area contributed by atoms with Crippen molar-refractivity contribution in [3.63, 3.8) is 0 Å². The van der Waals surface area contributed by atoms with Gasteiger partial charge in [-0.2, -0.15) is 0 Å². The van der Waals surface area contributed by atoms with Crippen molar-refractivity contribution in [3.05, 3.63) is 29.8 Å². The first-order chi connectivity index (χ1) is 5.84. The van der Waals surface area contributed by atoms with Crippen LogP contribution in [0.3, 0.4) is 0 Å². The van der Waals surface area contributed by atoms with Gasteiger partial charge in [0.2, 0.25) is 0 Å². The van der Waals surface area contributed by atoms with E-state index < -0.39 is 0 Å². The van der Waals surface area contributed by atoms with Crippen molar-refractivity contribution < 1.29 is 0 Å². The molecule has 0 saturated heterocycles. The predicted octanol–water partition coefficient (Wildman–Crippen LogP) is 2.54. The van der Waals surface area contributed by atoms with Crippen LogP contribution in [-0.2, 0) is 0 Å². The molecule has 0 N–H and O–H groups in total. The molecular weight excluding hydrogens is 260 g/mol. The monoisotopic (exact) mass is 278 g/mol. The molecule has 0 amide bonds. The van der Waals surface area contributed by atoms with Crippen molar-refractivity contribution in [2.45, 2.75) is 31.2 Å². The van der Waals surface area contributed by atoms with Gasteiger partial charge in [-0.1, -0.05) is 0 Å². The Hall–Kier alpha value is 0.00961. The van der Waals surface area contributed by atoms with Gasteiger partial charge in [0.1, 0.15) is 0 Å². The number of hydrogen-bond donors (Lipinski definition) is 0. The second-order valence-electron chi connectivity index (χ2n) is 2.97. The van der Waals surface area contributed by atoms with E-state index >= 15 is 0 Å². The Labute approximate surface area is 85.5 Å².